The third kappa shape index (κ3) is 6.27. The Morgan fingerprint density at radius 2 is 1.71 bits per heavy atom. The maximum Gasteiger partial charge on any atom is 0.258 e. The predicted molar refractivity (Wildman–Crippen MR) is 112 cm³/mol. The smallest absolute Gasteiger partial charge is 0.258 e. The molecule has 150 valence electrons. The van der Waals surface area contributed by atoms with Crippen molar-refractivity contribution in [2.45, 2.75) is 33.1 Å². The zero-order chi connectivity index (χ0) is 20.7. The van der Waals surface area contributed by atoms with Crippen LogP contribution in [0.4, 0.5) is 0 Å². The Hall–Kier alpha value is -2.53. The first-order valence-corrected chi connectivity index (χ1v) is 9.59. The Kier molecular flexibility index (Phi) is 7.46. The summed E-state index contributed by atoms with van der Waals surface area (Å²) in [7, 11) is 0. The lowest BCUT2D eigenvalue weighted by molar-refractivity contribution is -0.123. The highest BCUT2D eigenvalue weighted by molar-refractivity contribution is 6.33. The highest BCUT2D eigenvalue weighted by Gasteiger charge is 2.19. The van der Waals surface area contributed by atoms with Gasteiger partial charge in [0.05, 0.1) is 10.6 Å². The minimum atomic E-state index is -0.273. The average molecular weight is 403 g/mol. The van der Waals surface area contributed by atoms with Gasteiger partial charge in [-0.25, -0.2) is 0 Å². The molecule has 2 N–H and O–H groups in total. The lowest BCUT2D eigenvalue weighted by atomic mass is 9.85. The lowest BCUT2D eigenvalue weighted by Gasteiger charge is -2.23. The van der Waals surface area contributed by atoms with E-state index in [2.05, 4.69) is 37.5 Å². The number of halogens is 1. The number of hydrogen-bond acceptors (Lipinski definition) is 3. The fraction of sp³-hybridized carbons (Fsp3) is 0.364. The molecule has 5 nitrogen and oxygen atoms in total. The minimum absolute atomic E-state index is 0.0788. The van der Waals surface area contributed by atoms with Crippen molar-refractivity contribution >= 4 is 23.4 Å². The maximum absolute atomic E-state index is 12.0. The molecule has 0 aromatic heterocycles. The van der Waals surface area contributed by atoms with E-state index < -0.39 is 0 Å². The molecule has 0 atom stereocenters. The van der Waals surface area contributed by atoms with E-state index in [4.69, 9.17) is 16.3 Å². The molecule has 28 heavy (non-hydrogen) atoms. The van der Waals surface area contributed by atoms with Gasteiger partial charge in [-0.05, 0) is 36.1 Å². The van der Waals surface area contributed by atoms with Gasteiger partial charge in [-0.3, -0.25) is 9.59 Å². The second kappa shape index (κ2) is 9.60. The van der Waals surface area contributed by atoms with Crippen molar-refractivity contribution in [1.29, 1.82) is 0 Å². The lowest BCUT2D eigenvalue weighted by Crippen LogP contribution is -2.37. The molecule has 0 radical (unpaired) electrons. The molecule has 0 saturated heterocycles. The molecule has 2 amide bonds. The van der Waals surface area contributed by atoms with Crippen LogP contribution in [0.5, 0.6) is 5.75 Å². The van der Waals surface area contributed by atoms with Gasteiger partial charge in [-0.2, -0.15) is 0 Å². The van der Waals surface area contributed by atoms with Crippen LogP contribution in [0, 0.1) is 6.92 Å². The predicted octanol–water partition coefficient (Wildman–Crippen LogP) is 3.87. The van der Waals surface area contributed by atoms with Gasteiger partial charge in [0.1, 0.15) is 5.75 Å². The summed E-state index contributed by atoms with van der Waals surface area (Å²) in [4.78, 5) is 24.1. The van der Waals surface area contributed by atoms with Crippen molar-refractivity contribution < 1.29 is 14.3 Å². The van der Waals surface area contributed by atoms with Crippen LogP contribution in [0.1, 0.15) is 42.3 Å². The SMILES string of the molecule is Cc1ccc(OCC(=O)NCCNC(=O)c2ccccc2Cl)c(C(C)(C)C)c1. The van der Waals surface area contributed by atoms with Crippen molar-refractivity contribution in [3.8, 4) is 5.75 Å². The Balaban J connectivity index is 1.78. The maximum atomic E-state index is 12.0. The second-order valence-electron chi connectivity index (χ2n) is 7.62. The van der Waals surface area contributed by atoms with E-state index in [0.29, 0.717) is 29.4 Å². The van der Waals surface area contributed by atoms with Gasteiger partial charge in [-0.1, -0.05) is 62.2 Å². The third-order valence-corrected chi connectivity index (χ3v) is 4.48. The van der Waals surface area contributed by atoms with Crippen LogP contribution in [0.3, 0.4) is 0 Å². The molecule has 0 heterocycles. The van der Waals surface area contributed by atoms with Crippen molar-refractivity contribution in [1.82, 2.24) is 10.6 Å². The molecule has 0 aliphatic rings. The van der Waals surface area contributed by atoms with Gasteiger partial charge in [0.15, 0.2) is 6.61 Å². The zero-order valence-electron chi connectivity index (χ0n) is 16.8. The van der Waals surface area contributed by atoms with Gasteiger partial charge in [0, 0.05) is 13.1 Å². The Morgan fingerprint density at radius 3 is 2.39 bits per heavy atom. The van der Waals surface area contributed by atoms with E-state index in [1.807, 2.05) is 19.1 Å². The van der Waals surface area contributed by atoms with Gasteiger partial charge < -0.3 is 15.4 Å². The average Bonchev–Trinajstić information content (AvgIpc) is 2.63. The first-order chi connectivity index (χ1) is 13.2. The topological polar surface area (TPSA) is 67.4 Å². The summed E-state index contributed by atoms with van der Waals surface area (Å²) in [5.74, 6) is 0.193. The number of rotatable bonds is 7. The fourth-order valence-corrected chi connectivity index (χ4v) is 2.89. The van der Waals surface area contributed by atoms with Crippen LogP contribution in [0.2, 0.25) is 5.02 Å². The van der Waals surface area contributed by atoms with Crippen LogP contribution >= 0.6 is 11.6 Å². The summed E-state index contributed by atoms with van der Waals surface area (Å²) in [5, 5.41) is 5.85. The van der Waals surface area contributed by atoms with Crippen LogP contribution < -0.4 is 15.4 Å². The highest BCUT2D eigenvalue weighted by Crippen LogP contribution is 2.32. The number of aryl methyl sites for hydroxylation is 1. The molecule has 0 aliphatic heterocycles. The van der Waals surface area contributed by atoms with Crippen molar-refractivity contribution in [3.63, 3.8) is 0 Å². The first-order valence-electron chi connectivity index (χ1n) is 9.22. The normalized spacial score (nSPS) is 11.0. The molecular formula is C22H27ClN2O3. The van der Waals surface area contributed by atoms with E-state index in [1.54, 1.807) is 24.3 Å². The van der Waals surface area contributed by atoms with Crippen LogP contribution in [0.25, 0.3) is 0 Å². The fourth-order valence-electron chi connectivity index (χ4n) is 2.67. The number of amides is 2. The van der Waals surface area contributed by atoms with Gasteiger partial charge in [0.2, 0.25) is 0 Å². The highest BCUT2D eigenvalue weighted by atomic mass is 35.5. The Labute approximate surface area is 171 Å². The van der Waals surface area contributed by atoms with E-state index in [1.165, 1.54) is 0 Å². The molecule has 0 aliphatic carbocycles. The van der Waals surface area contributed by atoms with Crippen LogP contribution in [0.15, 0.2) is 42.5 Å². The number of carbonyl (C=O) groups excluding carboxylic acids is 2. The number of nitrogens with one attached hydrogen (secondary N) is 2. The molecule has 2 rings (SSSR count). The van der Waals surface area contributed by atoms with E-state index >= 15 is 0 Å². The second-order valence-corrected chi connectivity index (χ2v) is 8.03. The number of carbonyl (C=O) groups is 2. The third-order valence-electron chi connectivity index (χ3n) is 4.15. The van der Waals surface area contributed by atoms with Gasteiger partial charge >= 0.3 is 0 Å². The first kappa shape index (κ1) is 21.8. The molecule has 0 saturated carbocycles. The van der Waals surface area contributed by atoms with E-state index in [-0.39, 0.29) is 23.8 Å². The van der Waals surface area contributed by atoms with Crippen molar-refractivity contribution in [3.05, 3.63) is 64.2 Å². The number of hydrogen-bond donors (Lipinski definition) is 2. The summed E-state index contributed by atoms with van der Waals surface area (Å²) >= 11 is 5.99. The minimum Gasteiger partial charge on any atom is -0.483 e. The van der Waals surface area contributed by atoms with Gasteiger partial charge in [0.25, 0.3) is 11.8 Å². The summed E-state index contributed by atoms with van der Waals surface area (Å²) in [6.45, 7) is 8.88. The summed E-state index contributed by atoms with van der Waals surface area (Å²) in [6.07, 6.45) is 0. The van der Waals surface area contributed by atoms with Crippen molar-refractivity contribution in [2.75, 3.05) is 19.7 Å². The number of benzene rings is 2. The molecule has 6 heteroatoms. The Bertz CT molecular complexity index is 844. The number of ether oxygens (including phenoxy) is 1. The summed E-state index contributed by atoms with van der Waals surface area (Å²) < 4.78 is 5.73. The van der Waals surface area contributed by atoms with E-state index in [0.717, 1.165) is 11.1 Å². The molecule has 2 aromatic rings. The molecular weight excluding hydrogens is 376 g/mol. The summed E-state index contributed by atoms with van der Waals surface area (Å²) in [6, 6.07) is 12.8. The van der Waals surface area contributed by atoms with Gasteiger partial charge in [-0.15, -0.1) is 0 Å². The quantitative estimate of drug-likeness (QED) is 0.691. The zero-order valence-corrected chi connectivity index (χ0v) is 17.5. The standard InChI is InChI=1S/C22H27ClN2O3/c1-15-9-10-19(17(13-15)22(2,3)4)28-14-20(26)24-11-12-25-21(27)16-7-5-6-8-18(16)23/h5-10,13H,11-12,14H2,1-4H3,(H,24,26)(H,25,27). The van der Waals surface area contributed by atoms with Crippen LogP contribution in [-0.4, -0.2) is 31.5 Å². The summed E-state index contributed by atoms with van der Waals surface area (Å²) in [5.41, 5.74) is 2.54. The van der Waals surface area contributed by atoms with E-state index in [9.17, 15) is 9.59 Å². The van der Waals surface area contributed by atoms with Crippen molar-refractivity contribution in [2.24, 2.45) is 0 Å². The van der Waals surface area contributed by atoms with Crippen LogP contribution in [-0.2, 0) is 10.2 Å². The molecule has 0 spiro atoms. The largest absolute Gasteiger partial charge is 0.483 e. The molecule has 0 bridgehead atoms. The Morgan fingerprint density at radius 1 is 1.04 bits per heavy atom. The molecule has 0 fully saturated rings. The molecule has 0 unspecified atom stereocenters. The monoisotopic (exact) mass is 402 g/mol. The molecule has 2 aromatic carbocycles.